The number of para-hydroxylation sites is 1. The fourth-order valence-electron chi connectivity index (χ4n) is 6.52. The molecule has 0 N–H and O–H groups in total. The Morgan fingerprint density at radius 1 is 1.02 bits per heavy atom. The van der Waals surface area contributed by atoms with Crippen LogP contribution in [0.1, 0.15) is 42.1 Å². The van der Waals surface area contributed by atoms with Crippen molar-refractivity contribution in [3.8, 4) is 5.75 Å². The molecule has 2 atom stereocenters. The maximum atomic E-state index is 13.4. The van der Waals surface area contributed by atoms with Crippen LogP contribution in [0.15, 0.2) is 40.9 Å². The van der Waals surface area contributed by atoms with E-state index in [1.165, 1.54) is 0 Å². The van der Waals surface area contributed by atoms with Crippen LogP contribution < -0.4 is 9.64 Å². The average Bonchev–Trinajstić information content (AvgIpc) is 3.56. The summed E-state index contributed by atoms with van der Waals surface area (Å²) in [6, 6.07) is 11.2. The molecule has 0 saturated carbocycles. The van der Waals surface area contributed by atoms with E-state index in [0.29, 0.717) is 60.6 Å². The third-order valence-electron chi connectivity index (χ3n) is 8.95. The van der Waals surface area contributed by atoms with Gasteiger partial charge in [-0.25, -0.2) is 4.79 Å². The van der Waals surface area contributed by atoms with Crippen LogP contribution in [0.3, 0.4) is 0 Å². The normalized spacial score (nSPS) is 20.7. The van der Waals surface area contributed by atoms with Gasteiger partial charge in [0.1, 0.15) is 11.9 Å². The van der Waals surface area contributed by atoms with E-state index in [9.17, 15) is 14.4 Å². The maximum Gasteiger partial charge on any atom is 0.414 e. The van der Waals surface area contributed by atoms with E-state index < -0.39 is 0 Å². The Bertz CT molecular complexity index is 1340. The van der Waals surface area contributed by atoms with Crippen molar-refractivity contribution in [1.82, 2.24) is 14.7 Å². The number of carbonyl (C=O) groups excluding carboxylic acids is 3. The Morgan fingerprint density at radius 3 is 2.35 bits per heavy atom. The van der Waals surface area contributed by atoms with Gasteiger partial charge in [-0.05, 0) is 77.5 Å². The first-order chi connectivity index (χ1) is 20.6. The number of rotatable bonds is 8. The smallest absolute Gasteiger partial charge is 0.414 e. The fourth-order valence-corrected chi connectivity index (χ4v) is 7.22. The van der Waals surface area contributed by atoms with E-state index in [1.807, 2.05) is 48.2 Å². The van der Waals surface area contributed by atoms with Gasteiger partial charge >= 0.3 is 6.09 Å². The number of fused-ring (bicyclic) bond motifs is 1. The van der Waals surface area contributed by atoms with Crippen LogP contribution in [0.25, 0.3) is 0 Å². The predicted molar refractivity (Wildman–Crippen MR) is 170 cm³/mol. The van der Waals surface area contributed by atoms with E-state index >= 15 is 0 Å². The van der Waals surface area contributed by atoms with Gasteiger partial charge in [0.25, 0.3) is 5.91 Å². The number of piperidine rings is 1. The first-order valence-electron chi connectivity index (χ1n) is 15.0. The summed E-state index contributed by atoms with van der Waals surface area (Å²) >= 11 is 9.91. The number of methoxy groups -OCH3 is 1. The zero-order valence-corrected chi connectivity index (χ0v) is 27.4. The van der Waals surface area contributed by atoms with Gasteiger partial charge in [0.15, 0.2) is 0 Å². The van der Waals surface area contributed by atoms with Crippen molar-refractivity contribution in [3.05, 3.63) is 57.0 Å². The summed E-state index contributed by atoms with van der Waals surface area (Å²) in [6.07, 6.45) is 1.46. The summed E-state index contributed by atoms with van der Waals surface area (Å²) in [5.41, 5.74) is 2.25. The lowest BCUT2D eigenvalue weighted by molar-refractivity contribution is -0.130. The molecule has 3 amide bonds. The minimum Gasteiger partial charge on any atom is -0.495 e. The molecule has 2 unspecified atom stereocenters. The van der Waals surface area contributed by atoms with Crippen molar-refractivity contribution >= 4 is 51.1 Å². The minimum atomic E-state index is -0.378. The van der Waals surface area contributed by atoms with Gasteiger partial charge in [0.2, 0.25) is 5.91 Å². The van der Waals surface area contributed by atoms with Crippen LogP contribution in [-0.4, -0.2) is 98.2 Å². The second-order valence-electron chi connectivity index (χ2n) is 11.8. The van der Waals surface area contributed by atoms with E-state index in [0.717, 1.165) is 54.9 Å². The molecule has 3 saturated heterocycles. The summed E-state index contributed by atoms with van der Waals surface area (Å²) in [6.45, 7) is 9.38. The first-order valence-corrected chi connectivity index (χ1v) is 16.2. The highest BCUT2D eigenvalue weighted by Crippen LogP contribution is 2.35. The van der Waals surface area contributed by atoms with Crippen molar-refractivity contribution in [2.45, 2.75) is 39.2 Å². The predicted octanol–water partition coefficient (Wildman–Crippen LogP) is 5.47. The Kier molecular flexibility index (Phi) is 10.2. The standard InChI is InChI=1S/C32H40BrClN4O5/c1-21-8-9-25(16-29(21)34)38(32(41)43-26-10-14-36(15-11-26)22(2)39)13-5-12-35-17-23-19-37(20-24(23)18-35)31(40)27-6-4-7-28(33)30(27)42-3/h4,6-9,16,23-24,26H,5,10-15,17-20H2,1-3H3. The maximum absolute atomic E-state index is 13.4. The van der Waals surface area contributed by atoms with Crippen LogP contribution >= 0.6 is 27.5 Å². The highest BCUT2D eigenvalue weighted by Gasteiger charge is 2.42. The van der Waals surface area contributed by atoms with Crippen LogP contribution in [0.4, 0.5) is 10.5 Å². The lowest BCUT2D eigenvalue weighted by Gasteiger charge is -2.32. The summed E-state index contributed by atoms with van der Waals surface area (Å²) in [5, 5.41) is 0.608. The molecule has 3 aliphatic heterocycles. The molecule has 0 bridgehead atoms. The minimum absolute atomic E-state index is 0.0111. The second-order valence-corrected chi connectivity index (χ2v) is 13.1. The Hall–Kier alpha value is -2.82. The molecular formula is C32H40BrClN4O5. The Balaban J connectivity index is 1.15. The highest BCUT2D eigenvalue weighted by molar-refractivity contribution is 9.10. The molecular weight excluding hydrogens is 636 g/mol. The Morgan fingerprint density at radius 2 is 1.72 bits per heavy atom. The molecule has 3 aliphatic rings. The van der Waals surface area contributed by atoms with Crippen LogP contribution in [0.5, 0.6) is 5.75 Å². The molecule has 9 nitrogen and oxygen atoms in total. The van der Waals surface area contributed by atoms with Gasteiger partial charge in [-0.1, -0.05) is 23.7 Å². The number of likely N-dealkylation sites (tertiary alicyclic amines) is 3. The molecule has 2 aromatic rings. The second kappa shape index (κ2) is 13.9. The fraction of sp³-hybridized carbons (Fsp3) is 0.531. The zero-order valence-electron chi connectivity index (χ0n) is 25.1. The van der Waals surface area contributed by atoms with Crippen LogP contribution in [-0.2, 0) is 9.53 Å². The molecule has 3 heterocycles. The van der Waals surface area contributed by atoms with Crippen LogP contribution in [0, 0.1) is 18.8 Å². The quantitative estimate of drug-likeness (QED) is 0.370. The highest BCUT2D eigenvalue weighted by atomic mass is 79.9. The summed E-state index contributed by atoms with van der Waals surface area (Å²) in [4.78, 5) is 46.3. The number of hydrogen-bond acceptors (Lipinski definition) is 6. The van der Waals surface area contributed by atoms with Gasteiger partial charge in [-0.15, -0.1) is 0 Å². The Labute approximate surface area is 267 Å². The largest absolute Gasteiger partial charge is 0.495 e. The van der Waals surface area contributed by atoms with Crippen molar-refractivity contribution in [1.29, 1.82) is 0 Å². The number of carbonyl (C=O) groups is 3. The zero-order chi connectivity index (χ0) is 30.7. The van der Waals surface area contributed by atoms with Gasteiger partial charge in [-0.2, -0.15) is 0 Å². The van der Waals surface area contributed by atoms with Crippen LogP contribution in [0.2, 0.25) is 5.02 Å². The molecule has 0 radical (unpaired) electrons. The number of benzene rings is 2. The lowest BCUT2D eigenvalue weighted by Crippen LogP contribution is -2.43. The van der Waals surface area contributed by atoms with Crippen molar-refractivity contribution in [3.63, 3.8) is 0 Å². The van der Waals surface area contributed by atoms with E-state index in [4.69, 9.17) is 21.1 Å². The molecule has 43 heavy (non-hydrogen) atoms. The number of amides is 3. The molecule has 232 valence electrons. The topological polar surface area (TPSA) is 82.6 Å². The number of halogens is 2. The molecule has 3 fully saturated rings. The SMILES string of the molecule is COc1c(Br)cccc1C(=O)N1CC2CN(CCCN(C(=O)OC3CCN(C(C)=O)CC3)c3ccc(C)c(Cl)c3)CC2C1. The lowest BCUT2D eigenvalue weighted by atomic mass is 10.0. The summed E-state index contributed by atoms with van der Waals surface area (Å²) in [5.74, 6) is 1.50. The monoisotopic (exact) mass is 674 g/mol. The molecule has 5 rings (SSSR count). The van der Waals surface area contributed by atoms with Gasteiger partial charge in [-0.3, -0.25) is 14.5 Å². The third-order valence-corrected chi connectivity index (χ3v) is 9.98. The number of anilines is 1. The van der Waals surface area contributed by atoms with E-state index in [2.05, 4.69) is 20.8 Å². The molecule has 11 heteroatoms. The van der Waals surface area contributed by atoms with Gasteiger partial charge < -0.3 is 24.2 Å². The number of ether oxygens (including phenoxy) is 2. The molecule has 0 aromatic heterocycles. The van der Waals surface area contributed by atoms with Gasteiger partial charge in [0.05, 0.1) is 17.1 Å². The number of nitrogens with zero attached hydrogens (tertiary/aromatic N) is 4. The molecule has 0 spiro atoms. The van der Waals surface area contributed by atoms with Crippen molar-refractivity contribution in [2.24, 2.45) is 11.8 Å². The number of aryl methyl sites for hydroxylation is 1. The van der Waals surface area contributed by atoms with E-state index in [-0.39, 0.29) is 24.0 Å². The molecule has 2 aromatic carbocycles. The van der Waals surface area contributed by atoms with Gasteiger partial charge in [0, 0.05) is 76.3 Å². The summed E-state index contributed by atoms with van der Waals surface area (Å²) in [7, 11) is 1.58. The van der Waals surface area contributed by atoms with Crippen molar-refractivity contribution in [2.75, 3.05) is 64.4 Å². The first kappa shape index (κ1) is 31.6. The van der Waals surface area contributed by atoms with Crippen molar-refractivity contribution < 1.29 is 23.9 Å². The third kappa shape index (κ3) is 7.29. The average molecular weight is 676 g/mol. The number of hydrogen-bond donors (Lipinski definition) is 0. The molecule has 0 aliphatic carbocycles. The van der Waals surface area contributed by atoms with E-state index in [1.54, 1.807) is 23.8 Å². The summed E-state index contributed by atoms with van der Waals surface area (Å²) < 4.78 is 12.2.